The van der Waals surface area contributed by atoms with Crippen molar-refractivity contribution in [2.45, 2.75) is 51.0 Å². The minimum atomic E-state index is -0.0867. The largest absolute Gasteiger partial charge is 0.466 e. The Morgan fingerprint density at radius 2 is 2.00 bits per heavy atom. The van der Waals surface area contributed by atoms with Crippen molar-refractivity contribution < 1.29 is 14.3 Å². The maximum atomic E-state index is 11.8. The van der Waals surface area contributed by atoms with Crippen LogP contribution in [-0.4, -0.2) is 49.3 Å². The molecule has 2 aliphatic rings. The molecule has 4 heteroatoms. The van der Waals surface area contributed by atoms with Crippen LogP contribution < -0.4 is 0 Å². The summed E-state index contributed by atoms with van der Waals surface area (Å²) in [5.74, 6) is -0.0766. The molecule has 2 heterocycles. The predicted octanol–water partition coefficient (Wildman–Crippen LogP) is 1.97. The summed E-state index contributed by atoms with van der Waals surface area (Å²) in [6.45, 7) is 5.99. The monoisotopic (exact) mass is 255 g/mol. The highest BCUT2D eigenvalue weighted by Crippen LogP contribution is 2.32. The van der Waals surface area contributed by atoms with Crippen molar-refractivity contribution in [3.05, 3.63) is 0 Å². The van der Waals surface area contributed by atoms with Gasteiger partial charge in [0.25, 0.3) is 0 Å². The Labute approximate surface area is 110 Å². The summed E-state index contributed by atoms with van der Waals surface area (Å²) in [4.78, 5) is 14.3. The molecule has 0 radical (unpaired) electrons. The Bertz CT molecular complexity index is 266. The lowest BCUT2D eigenvalue weighted by Crippen LogP contribution is -2.51. The van der Waals surface area contributed by atoms with Gasteiger partial charge in [-0.25, -0.2) is 0 Å². The van der Waals surface area contributed by atoms with Crippen LogP contribution in [0.25, 0.3) is 0 Å². The quantitative estimate of drug-likeness (QED) is 0.720. The molecule has 4 nitrogen and oxygen atoms in total. The fourth-order valence-corrected chi connectivity index (χ4v) is 3.12. The minimum Gasteiger partial charge on any atom is -0.466 e. The van der Waals surface area contributed by atoms with E-state index in [1.807, 2.05) is 6.92 Å². The Kier molecular flexibility index (Phi) is 5.01. The zero-order valence-electron chi connectivity index (χ0n) is 11.5. The van der Waals surface area contributed by atoms with E-state index >= 15 is 0 Å². The third kappa shape index (κ3) is 3.23. The number of likely N-dealkylation sites (tertiary alicyclic amines) is 1. The fraction of sp³-hybridized carbons (Fsp3) is 0.929. The summed E-state index contributed by atoms with van der Waals surface area (Å²) in [5.41, 5.74) is -0.0867. The number of esters is 1. The Balaban J connectivity index is 2.02. The first-order valence-electron chi connectivity index (χ1n) is 7.25. The number of carbonyl (C=O) groups excluding carboxylic acids is 1. The molecule has 0 aliphatic carbocycles. The number of ether oxygens (including phenoxy) is 2. The number of rotatable bonds is 4. The van der Waals surface area contributed by atoms with Crippen LogP contribution in [0, 0.1) is 0 Å². The second-order valence-electron chi connectivity index (χ2n) is 5.41. The van der Waals surface area contributed by atoms with Crippen molar-refractivity contribution >= 4 is 5.97 Å². The van der Waals surface area contributed by atoms with Gasteiger partial charge < -0.3 is 9.47 Å². The molecular weight excluding hydrogens is 230 g/mol. The Morgan fingerprint density at radius 3 is 2.56 bits per heavy atom. The average molecular weight is 255 g/mol. The van der Waals surface area contributed by atoms with Crippen molar-refractivity contribution in [3.8, 4) is 0 Å². The van der Waals surface area contributed by atoms with Gasteiger partial charge in [0, 0.05) is 6.61 Å². The summed E-state index contributed by atoms with van der Waals surface area (Å²) in [6.07, 6.45) is 6.56. The summed E-state index contributed by atoms with van der Waals surface area (Å²) < 4.78 is 10.7. The Morgan fingerprint density at radius 1 is 1.28 bits per heavy atom. The van der Waals surface area contributed by atoms with E-state index in [4.69, 9.17) is 9.47 Å². The second kappa shape index (κ2) is 6.53. The molecule has 2 saturated heterocycles. The summed E-state index contributed by atoms with van der Waals surface area (Å²) in [5, 5.41) is 0. The average Bonchev–Trinajstić information content (AvgIpc) is 2.65. The van der Waals surface area contributed by atoms with Gasteiger partial charge in [0.15, 0.2) is 0 Å². The van der Waals surface area contributed by atoms with Crippen LogP contribution >= 0.6 is 0 Å². The molecule has 1 unspecified atom stereocenters. The number of nitrogens with zero attached hydrogens (tertiary/aromatic N) is 1. The van der Waals surface area contributed by atoms with E-state index in [1.165, 1.54) is 25.7 Å². The van der Waals surface area contributed by atoms with Crippen LogP contribution in [0.15, 0.2) is 0 Å². The topological polar surface area (TPSA) is 38.8 Å². The zero-order valence-corrected chi connectivity index (χ0v) is 11.5. The van der Waals surface area contributed by atoms with E-state index in [0.29, 0.717) is 19.6 Å². The molecule has 1 atom stereocenters. The first-order chi connectivity index (χ1) is 8.77. The lowest BCUT2D eigenvalue weighted by atomic mass is 9.91. The number of carbonyl (C=O) groups is 1. The number of hydrogen-bond donors (Lipinski definition) is 0. The molecule has 0 bridgehead atoms. The van der Waals surface area contributed by atoms with Gasteiger partial charge >= 0.3 is 5.97 Å². The standard InChI is InChI=1S/C14H25NO3/c1-2-18-13(16)11-14(7-10-17-12-14)15-8-5-3-4-6-9-15/h2-12H2,1H3. The molecule has 0 spiro atoms. The summed E-state index contributed by atoms with van der Waals surface area (Å²) in [7, 11) is 0. The van der Waals surface area contributed by atoms with Crippen molar-refractivity contribution in [3.63, 3.8) is 0 Å². The van der Waals surface area contributed by atoms with Crippen LogP contribution in [-0.2, 0) is 14.3 Å². The van der Waals surface area contributed by atoms with Gasteiger partial charge in [0.2, 0.25) is 0 Å². The summed E-state index contributed by atoms with van der Waals surface area (Å²) in [6, 6.07) is 0. The highest BCUT2D eigenvalue weighted by atomic mass is 16.5. The van der Waals surface area contributed by atoms with E-state index in [0.717, 1.165) is 26.1 Å². The third-order valence-corrected chi connectivity index (χ3v) is 4.14. The zero-order chi connectivity index (χ0) is 12.8. The van der Waals surface area contributed by atoms with Crippen LogP contribution in [0.1, 0.15) is 45.4 Å². The lowest BCUT2D eigenvalue weighted by molar-refractivity contribution is -0.146. The van der Waals surface area contributed by atoms with E-state index in [9.17, 15) is 4.79 Å². The molecule has 0 amide bonds. The van der Waals surface area contributed by atoms with Crippen molar-refractivity contribution in [2.24, 2.45) is 0 Å². The van der Waals surface area contributed by atoms with Gasteiger partial charge in [-0.3, -0.25) is 9.69 Å². The highest BCUT2D eigenvalue weighted by Gasteiger charge is 2.42. The molecular formula is C14H25NO3. The van der Waals surface area contributed by atoms with Crippen LogP contribution in [0.4, 0.5) is 0 Å². The lowest BCUT2D eigenvalue weighted by Gasteiger charge is -2.39. The van der Waals surface area contributed by atoms with Gasteiger partial charge in [-0.1, -0.05) is 12.8 Å². The fourth-order valence-electron chi connectivity index (χ4n) is 3.12. The van der Waals surface area contributed by atoms with E-state index in [2.05, 4.69) is 4.90 Å². The van der Waals surface area contributed by atoms with Gasteiger partial charge in [0.1, 0.15) is 0 Å². The highest BCUT2D eigenvalue weighted by molar-refractivity contribution is 5.71. The third-order valence-electron chi connectivity index (χ3n) is 4.14. The van der Waals surface area contributed by atoms with Gasteiger partial charge in [-0.05, 0) is 39.3 Å². The van der Waals surface area contributed by atoms with E-state index in [-0.39, 0.29) is 11.5 Å². The summed E-state index contributed by atoms with van der Waals surface area (Å²) >= 11 is 0. The van der Waals surface area contributed by atoms with Crippen LogP contribution in [0.2, 0.25) is 0 Å². The van der Waals surface area contributed by atoms with Gasteiger partial charge in [-0.15, -0.1) is 0 Å². The van der Waals surface area contributed by atoms with Crippen LogP contribution in [0.5, 0.6) is 0 Å². The first-order valence-corrected chi connectivity index (χ1v) is 7.25. The molecule has 0 aromatic carbocycles. The smallest absolute Gasteiger partial charge is 0.307 e. The molecule has 18 heavy (non-hydrogen) atoms. The second-order valence-corrected chi connectivity index (χ2v) is 5.41. The molecule has 0 N–H and O–H groups in total. The Hall–Kier alpha value is -0.610. The van der Waals surface area contributed by atoms with Crippen LogP contribution in [0.3, 0.4) is 0 Å². The van der Waals surface area contributed by atoms with Crippen molar-refractivity contribution in [2.75, 3.05) is 32.9 Å². The molecule has 2 aliphatic heterocycles. The first kappa shape index (κ1) is 13.8. The molecule has 0 aromatic rings. The van der Waals surface area contributed by atoms with E-state index in [1.54, 1.807) is 0 Å². The number of hydrogen-bond acceptors (Lipinski definition) is 4. The molecule has 2 fully saturated rings. The molecule has 0 saturated carbocycles. The maximum Gasteiger partial charge on any atom is 0.307 e. The van der Waals surface area contributed by atoms with Crippen molar-refractivity contribution in [1.29, 1.82) is 0 Å². The molecule has 2 rings (SSSR count). The maximum absolute atomic E-state index is 11.8. The van der Waals surface area contributed by atoms with Gasteiger partial charge in [0.05, 0.1) is 25.2 Å². The van der Waals surface area contributed by atoms with Crippen molar-refractivity contribution in [1.82, 2.24) is 4.90 Å². The molecule has 0 aromatic heterocycles. The molecule has 104 valence electrons. The minimum absolute atomic E-state index is 0.0766. The SMILES string of the molecule is CCOC(=O)CC1(N2CCCCCC2)CCOC1. The van der Waals surface area contributed by atoms with E-state index < -0.39 is 0 Å². The predicted molar refractivity (Wildman–Crippen MR) is 69.5 cm³/mol. The normalized spacial score (nSPS) is 30.1. The van der Waals surface area contributed by atoms with Gasteiger partial charge in [-0.2, -0.15) is 0 Å².